The summed E-state index contributed by atoms with van der Waals surface area (Å²) in [5, 5.41) is 12.7. The van der Waals surface area contributed by atoms with Gasteiger partial charge in [0.15, 0.2) is 0 Å². The molecule has 0 spiro atoms. The van der Waals surface area contributed by atoms with Crippen LogP contribution in [0.5, 0.6) is 0 Å². The first kappa shape index (κ1) is 8.64. The monoisotopic (exact) mass is 172 g/mol. The molecule has 1 aromatic heterocycles. The Morgan fingerprint density at radius 2 is 2.55 bits per heavy atom. The summed E-state index contributed by atoms with van der Waals surface area (Å²) >= 11 is 1.65. The molecule has 0 aliphatic carbocycles. The third-order valence-corrected chi connectivity index (χ3v) is 2.34. The Labute approximate surface area is 70.1 Å². The van der Waals surface area contributed by atoms with Gasteiger partial charge >= 0.3 is 0 Å². The molecule has 0 saturated carbocycles. The van der Waals surface area contributed by atoms with Gasteiger partial charge in [0.25, 0.3) is 0 Å². The summed E-state index contributed by atoms with van der Waals surface area (Å²) < 4.78 is 0. The second-order valence-electron chi connectivity index (χ2n) is 2.22. The molecule has 0 aliphatic rings. The van der Waals surface area contributed by atoms with Crippen molar-refractivity contribution in [2.24, 2.45) is 0 Å². The second kappa shape index (κ2) is 4.43. The number of hydrogen-bond donors (Lipinski definition) is 2. The van der Waals surface area contributed by atoms with Crippen LogP contribution >= 0.6 is 11.3 Å². The first-order valence-corrected chi connectivity index (χ1v) is 4.37. The van der Waals surface area contributed by atoms with Crippen LogP contribution in [-0.4, -0.2) is 23.7 Å². The van der Waals surface area contributed by atoms with Crippen molar-refractivity contribution in [3.05, 3.63) is 16.1 Å². The summed E-state index contributed by atoms with van der Waals surface area (Å²) in [6.45, 7) is 1.05. The van der Waals surface area contributed by atoms with Gasteiger partial charge in [-0.3, -0.25) is 0 Å². The van der Waals surface area contributed by atoms with Crippen molar-refractivity contribution in [1.82, 2.24) is 10.3 Å². The molecular weight excluding hydrogens is 160 g/mol. The quantitative estimate of drug-likeness (QED) is 0.691. The lowest BCUT2D eigenvalue weighted by Crippen LogP contribution is -2.02. The molecule has 0 unspecified atom stereocenters. The SMILES string of the molecule is CNCc1cnc(CCO)s1. The number of nitrogens with zero attached hydrogens (tertiary/aromatic N) is 1. The predicted molar refractivity (Wildman–Crippen MR) is 45.7 cm³/mol. The molecule has 0 amide bonds. The third kappa shape index (κ3) is 2.57. The van der Waals surface area contributed by atoms with Gasteiger partial charge in [-0.2, -0.15) is 0 Å². The fourth-order valence-electron chi connectivity index (χ4n) is 0.815. The first-order valence-electron chi connectivity index (χ1n) is 3.56. The normalized spacial score (nSPS) is 10.4. The Hall–Kier alpha value is -0.450. The van der Waals surface area contributed by atoms with E-state index < -0.39 is 0 Å². The number of thiazole rings is 1. The molecular formula is C7H12N2OS. The van der Waals surface area contributed by atoms with Gasteiger partial charge in [0, 0.05) is 30.6 Å². The molecule has 2 N–H and O–H groups in total. The molecule has 0 aromatic carbocycles. The van der Waals surface area contributed by atoms with Crippen molar-refractivity contribution in [2.75, 3.05) is 13.7 Å². The maximum atomic E-state index is 8.61. The van der Waals surface area contributed by atoms with E-state index in [0.29, 0.717) is 6.42 Å². The largest absolute Gasteiger partial charge is 0.396 e. The van der Waals surface area contributed by atoms with E-state index in [0.717, 1.165) is 11.6 Å². The van der Waals surface area contributed by atoms with Gasteiger partial charge in [0.2, 0.25) is 0 Å². The topological polar surface area (TPSA) is 45.2 Å². The lowest BCUT2D eigenvalue weighted by atomic mass is 10.5. The van der Waals surface area contributed by atoms with E-state index in [1.807, 2.05) is 13.2 Å². The lowest BCUT2D eigenvalue weighted by molar-refractivity contribution is 0.299. The number of aliphatic hydroxyl groups is 1. The smallest absolute Gasteiger partial charge is 0.0951 e. The Kier molecular flexibility index (Phi) is 3.48. The van der Waals surface area contributed by atoms with Gasteiger partial charge in [0.05, 0.1) is 5.01 Å². The van der Waals surface area contributed by atoms with E-state index in [1.54, 1.807) is 11.3 Å². The zero-order chi connectivity index (χ0) is 8.10. The number of nitrogens with one attached hydrogen (secondary N) is 1. The molecule has 1 heterocycles. The molecule has 0 aliphatic heterocycles. The van der Waals surface area contributed by atoms with Crippen LogP contribution in [0, 0.1) is 0 Å². The molecule has 11 heavy (non-hydrogen) atoms. The fraction of sp³-hybridized carbons (Fsp3) is 0.571. The Morgan fingerprint density at radius 3 is 3.18 bits per heavy atom. The molecule has 62 valence electrons. The summed E-state index contributed by atoms with van der Waals surface area (Å²) in [5.74, 6) is 0. The van der Waals surface area contributed by atoms with Crippen LogP contribution in [0.1, 0.15) is 9.88 Å². The van der Waals surface area contributed by atoms with Gasteiger partial charge in [-0.25, -0.2) is 4.98 Å². The van der Waals surface area contributed by atoms with E-state index in [9.17, 15) is 0 Å². The van der Waals surface area contributed by atoms with Crippen molar-refractivity contribution >= 4 is 11.3 Å². The van der Waals surface area contributed by atoms with Crippen molar-refractivity contribution in [3.8, 4) is 0 Å². The summed E-state index contributed by atoms with van der Waals surface area (Å²) in [4.78, 5) is 5.36. The molecule has 3 nitrogen and oxygen atoms in total. The van der Waals surface area contributed by atoms with Gasteiger partial charge in [0.1, 0.15) is 0 Å². The average molecular weight is 172 g/mol. The standard InChI is InChI=1S/C7H12N2OS/c1-8-4-6-5-9-7(11-6)2-3-10/h5,8,10H,2-4H2,1H3. The molecule has 0 bridgehead atoms. The number of aromatic nitrogens is 1. The minimum atomic E-state index is 0.187. The van der Waals surface area contributed by atoms with E-state index >= 15 is 0 Å². The van der Waals surface area contributed by atoms with Crippen molar-refractivity contribution in [1.29, 1.82) is 0 Å². The van der Waals surface area contributed by atoms with Crippen LogP contribution < -0.4 is 5.32 Å². The lowest BCUT2D eigenvalue weighted by Gasteiger charge is -1.90. The maximum Gasteiger partial charge on any atom is 0.0951 e. The minimum absolute atomic E-state index is 0.187. The Morgan fingerprint density at radius 1 is 1.73 bits per heavy atom. The Balaban J connectivity index is 2.51. The first-order chi connectivity index (χ1) is 5.36. The molecule has 1 rings (SSSR count). The number of hydrogen-bond acceptors (Lipinski definition) is 4. The highest BCUT2D eigenvalue weighted by molar-refractivity contribution is 7.11. The van der Waals surface area contributed by atoms with Crippen LogP contribution in [0.15, 0.2) is 6.20 Å². The summed E-state index contributed by atoms with van der Waals surface area (Å²) in [6.07, 6.45) is 2.53. The summed E-state index contributed by atoms with van der Waals surface area (Å²) in [7, 11) is 1.91. The second-order valence-corrected chi connectivity index (χ2v) is 3.42. The molecule has 0 atom stereocenters. The van der Waals surface area contributed by atoms with E-state index in [1.165, 1.54) is 4.88 Å². The predicted octanol–water partition coefficient (Wildman–Crippen LogP) is 0.397. The van der Waals surface area contributed by atoms with E-state index in [-0.39, 0.29) is 6.61 Å². The molecule has 0 saturated heterocycles. The zero-order valence-electron chi connectivity index (χ0n) is 6.50. The summed E-state index contributed by atoms with van der Waals surface area (Å²) in [6, 6.07) is 0. The minimum Gasteiger partial charge on any atom is -0.396 e. The molecule has 4 heteroatoms. The van der Waals surface area contributed by atoms with Crippen LogP contribution in [0.4, 0.5) is 0 Å². The Bertz CT molecular complexity index is 191. The van der Waals surface area contributed by atoms with Gasteiger partial charge in [-0.15, -0.1) is 11.3 Å². The van der Waals surface area contributed by atoms with Crippen molar-refractivity contribution in [3.63, 3.8) is 0 Å². The van der Waals surface area contributed by atoms with Crippen LogP contribution in [0.3, 0.4) is 0 Å². The fourth-order valence-corrected chi connectivity index (χ4v) is 1.74. The van der Waals surface area contributed by atoms with Crippen LogP contribution in [-0.2, 0) is 13.0 Å². The van der Waals surface area contributed by atoms with Crippen LogP contribution in [0.2, 0.25) is 0 Å². The van der Waals surface area contributed by atoms with Crippen molar-refractivity contribution < 1.29 is 5.11 Å². The van der Waals surface area contributed by atoms with E-state index in [2.05, 4.69) is 10.3 Å². The highest BCUT2D eigenvalue weighted by Crippen LogP contribution is 2.12. The molecule has 1 aromatic rings. The van der Waals surface area contributed by atoms with E-state index in [4.69, 9.17) is 5.11 Å². The number of rotatable bonds is 4. The molecule has 0 fully saturated rings. The highest BCUT2D eigenvalue weighted by atomic mass is 32.1. The molecule has 0 radical (unpaired) electrons. The number of aliphatic hydroxyl groups excluding tert-OH is 1. The zero-order valence-corrected chi connectivity index (χ0v) is 7.32. The van der Waals surface area contributed by atoms with Gasteiger partial charge < -0.3 is 10.4 Å². The average Bonchev–Trinajstić information content (AvgIpc) is 2.38. The maximum absolute atomic E-state index is 8.61. The highest BCUT2D eigenvalue weighted by Gasteiger charge is 1.98. The van der Waals surface area contributed by atoms with Gasteiger partial charge in [-0.1, -0.05) is 0 Å². The van der Waals surface area contributed by atoms with Gasteiger partial charge in [-0.05, 0) is 7.05 Å². The summed E-state index contributed by atoms with van der Waals surface area (Å²) in [5.41, 5.74) is 0. The van der Waals surface area contributed by atoms with Crippen LogP contribution in [0.25, 0.3) is 0 Å². The third-order valence-electron chi connectivity index (χ3n) is 1.28. The van der Waals surface area contributed by atoms with Crippen molar-refractivity contribution in [2.45, 2.75) is 13.0 Å².